The molecule has 1 aromatic heterocycles. The fraction of sp³-hybridized carbons (Fsp3) is 0.455. The standard InChI is InChI=1S/C11H15N3O4/c1-11(18)7(4-6(5-15)9(11)16)14-3-2-8(12)13-10(14)17/h2-4,7,9,15-16,18H,5H2,1H3,(H2,12,13,17)/t7-,9-,11+/m1/s1. The van der Waals surface area contributed by atoms with Crippen LogP contribution in [0.25, 0.3) is 0 Å². The summed E-state index contributed by atoms with van der Waals surface area (Å²) in [6, 6.07) is 0.629. The van der Waals surface area contributed by atoms with Gasteiger partial charge in [-0.05, 0) is 18.6 Å². The number of anilines is 1. The average molecular weight is 253 g/mol. The first-order valence-corrected chi connectivity index (χ1v) is 5.44. The van der Waals surface area contributed by atoms with Crippen molar-refractivity contribution in [3.63, 3.8) is 0 Å². The van der Waals surface area contributed by atoms with Gasteiger partial charge >= 0.3 is 5.69 Å². The number of nitrogens with two attached hydrogens (primary N) is 1. The highest BCUT2D eigenvalue weighted by Gasteiger charge is 2.46. The first-order chi connectivity index (χ1) is 8.37. The van der Waals surface area contributed by atoms with Gasteiger partial charge in [0.1, 0.15) is 17.5 Å². The number of rotatable bonds is 2. The molecule has 0 aromatic carbocycles. The molecule has 2 rings (SSSR count). The molecule has 0 aliphatic heterocycles. The minimum atomic E-state index is -1.58. The largest absolute Gasteiger partial charge is 0.392 e. The Kier molecular flexibility index (Phi) is 2.97. The summed E-state index contributed by atoms with van der Waals surface area (Å²) in [4.78, 5) is 15.3. The Hall–Kier alpha value is -1.70. The van der Waals surface area contributed by atoms with Gasteiger partial charge in [-0.15, -0.1) is 0 Å². The SMILES string of the molecule is C[C@@]1(O)[C@H](O)C(CO)=C[C@H]1n1ccc(N)nc1=O. The second-order valence-corrected chi connectivity index (χ2v) is 4.52. The van der Waals surface area contributed by atoms with E-state index in [0.29, 0.717) is 0 Å². The lowest BCUT2D eigenvalue weighted by Crippen LogP contribution is -2.45. The Balaban J connectivity index is 2.50. The quantitative estimate of drug-likeness (QED) is 0.471. The smallest absolute Gasteiger partial charge is 0.350 e. The van der Waals surface area contributed by atoms with Crippen LogP contribution < -0.4 is 11.4 Å². The van der Waals surface area contributed by atoms with Gasteiger partial charge in [0, 0.05) is 6.20 Å². The number of hydrogen-bond donors (Lipinski definition) is 4. The molecule has 3 atom stereocenters. The molecule has 0 bridgehead atoms. The predicted molar refractivity (Wildman–Crippen MR) is 63.7 cm³/mol. The van der Waals surface area contributed by atoms with Crippen molar-refractivity contribution < 1.29 is 15.3 Å². The lowest BCUT2D eigenvalue weighted by atomic mass is 9.95. The monoisotopic (exact) mass is 253 g/mol. The number of nitrogens with zero attached hydrogens (tertiary/aromatic N) is 2. The summed E-state index contributed by atoms with van der Waals surface area (Å²) in [7, 11) is 0. The summed E-state index contributed by atoms with van der Waals surface area (Å²) in [6.45, 7) is 1.01. The zero-order chi connectivity index (χ0) is 13.5. The summed E-state index contributed by atoms with van der Waals surface area (Å²) >= 11 is 0. The van der Waals surface area contributed by atoms with Gasteiger partial charge in [0.25, 0.3) is 0 Å². The Morgan fingerprint density at radius 1 is 1.61 bits per heavy atom. The van der Waals surface area contributed by atoms with Crippen molar-refractivity contribution >= 4 is 5.82 Å². The molecule has 7 nitrogen and oxygen atoms in total. The molecule has 98 valence electrons. The Morgan fingerprint density at radius 3 is 2.78 bits per heavy atom. The van der Waals surface area contributed by atoms with Crippen LogP contribution >= 0.6 is 0 Å². The molecule has 0 saturated carbocycles. The zero-order valence-corrected chi connectivity index (χ0v) is 9.82. The van der Waals surface area contributed by atoms with E-state index in [1.807, 2.05) is 0 Å². The van der Waals surface area contributed by atoms with Gasteiger partial charge in [-0.2, -0.15) is 4.98 Å². The molecule has 5 N–H and O–H groups in total. The van der Waals surface area contributed by atoms with E-state index in [4.69, 9.17) is 10.8 Å². The van der Waals surface area contributed by atoms with Gasteiger partial charge in [-0.1, -0.05) is 6.08 Å². The molecular weight excluding hydrogens is 238 g/mol. The number of hydrogen-bond acceptors (Lipinski definition) is 6. The fourth-order valence-corrected chi connectivity index (χ4v) is 2.14. The molecular formula is C11H15N3O4. The highest BCUT2D eigenvalue weighted by molar-refractivity contribution is 5.29. The molecule has 7 heteroatoms. The van der Waals surface area contributed by atoms with Crippen LogP contribution in [0, 0.1) is 0 Å². The minimum absolute atomic E-state index is 0.0841. The van der Waals surface area contributed by atoms with E-state index in [2.05, 4.69) is 4.98 Å². The summed E-state index contributed by atoms with van der Waals surface area (Å²) in [6.07, 6.45) is 1.63. The second kappa shape index (κ2) is 4.20. The molecule has 0 amide bonds. The Morgan fingerprint density at radius 2 is 2.28 bits per heavy atom. The van der Waals surface area contributed by atoms with Crippen molar-refractivity contribution in [1.82, 2.24) is 9.55 Å². The fourth-order valence-electron chi connectivity index (χ4n) is 2.14. The van der Waals surface area contributed by atoms with Gasteiger partial charge in [0.2, 0.25) is 0 Å². The Labute approximate surface area is 103 Å². The van der Waals surface area contributed by atoms with E-state index in [1.165, 1.54) is 29.8 Å². The van der Waals surface area contributed by atoms with Crippen LogP contribution in [0.5, 0.6) is 0 Å². The lowest BCUT2D eigenvalue weighted by molar-refractivity contribution is -0.0582. The summed E-state index contributed by atoms with van der Waals surface area (Å²) in [5, 5.41) is 29.2. The molecule has 0 saturated heterocycles. The second-order valence-electron chi connectivity index (χ2n) is 4.52. The van der Waals surface area contributed by atoms with Crippen LogP contribution in [-0.2, 0) is 0 Å². The minimum Gasteiger partial charge on any atom is -0.392 e. The first-order valence-electron chi connectivity index (χ1n) is 5.44. The van der Waals surface area contributed by atoms with Gasteiger partial charge in [-0.25, -0.2) is 4.79 Å². The van der Waals surface area contributed by atoms with Crippen LogP contribution in [0.4, 0.5) is 5.82 Å². The number of aliphatic hydroxyl groups is 3. The molecule has 1 aliphatic rings. The summed E-state index contributed by atoms with van der Waals surface area (Å²) in [5.41, 5.74) is 3.45. The molecule has 1 heterocycles. The lowest BCUT2D eigenvalue weighted by Gasteiger charge is -2.30. The summed E-state index contributed by atoms with van der Waals surface area (Å²) < 4.78 is 1.17. The van der Waals surface area contributed by atoms with Crippen LogP contribution in [0.3, 0.4) is 0 Å². The number of aromatic nitrogens is 2. The predicted octanol–water partition coefficient (Wildman–Crippen LogP) is -1.59. The van der Waals surface area contributed by atoms with Crippen LogP contribution in [-0.4, -0.2) is 43.2 Å². The highest BCUT2D eigenvalue weighted by Crippen LogP contribution is 2.37. The van der Waals surface area contributed by atoms with Crippen molar-refractivity contribution in [2.75, 3.05) is 12.3 Å². The maximum atomic E-state index is 11.7. The van der Waals surface area contributed by atoms with Gasteiger partial charge < -0.3 is 21.1 Å². The third kappa shape index (κ3) is 1.82. The normalized spacial score (nSPS) is 31.4. The van der Waals surface area contributed by atoms with E-state index < -0.39 is 23.4 Å². The van der Waals surface area contributed by atoms with Crippen LogP contribution in [0.1, 0.15) is 13.0 Å². The van der Waals surface area contributed by atoms with Crippen LogP contribution in [0.15, 0.2) is 28.7 Å². The van der Waals surface area contributed by atoms with Gasteiger partial charge in [-0.3, -0.25) is 4.57 Å². The molecule has 1 aliphatic carbocycles. The maximum Gasteiger partial charge on any atom is 0.350 e. The van der Waals surface area contributed by atoms with Gasteiger partial charge in [0.05, 0.1) is 12.6 Å². The number of nitrogen functional groups attached to an aromatic ring is 1. The number of aliphatic hydroxyl groups excluding tert-OH is 2. The molecule has 18 heavy (non-hydrogen) atoms. The van der Waals surface area contributed by atoms with Crippen LogP contribution in [0.2, 0.25) is 0 Å². The van der Waals surface area contributed by atoms with E-state index in [0.717, 1.165) is 0 Å². The molecule has 1 aromatic rings. The van der Waals surface area contributed by atoms with Crippen molar-refractivity contribution in [3.05, 3.63) is 34.4 Å². The molecule has 0 fully saturated rings. The molecule has 0 spiro atoms. The third-order valence-electron chi connectivity index (χ3n) is 3.21. The van der Waals surface area contributed by atoms with Crippen molar-refractivity contribution in [3.8, 4) is 0 Å². The first kappa shape index (κ1) is 12.7. The summed E-state index contributed by atoms with van der Waals surface area (Å²) in [5.74, 6) is 0.0841. The van der Waals surface area contributed by atoms with E-state index in [-0.39, 0.29) is 18.0 Å². The molecule has 0 unspecified atom stereocenters. The Bertz CT molecular complexity index is 549. The highest BCUT2D eigenvalue weighted by atomic mass is 16.3. The maximum absolute atomic E-state index is 11.7. The van der Waals surface area contributed by atoms with E-state index >= 15 is 0 Å². The average Bonchev–Trinajstić information content (AvgIpc) is 2.52. The van der Waals surface area contributed by atoms with Crippen molar-refractivity contribution in [2.24, 2.45) is 0 Å². The third-order valence-corrected chi connectivity index (χ3v) is 3.21. The zero-order valence-electron chi connectivity index (χ0n) is 9.82. The topological polar surface area (TPSA) is 122 Å². The van der Waals surface area contributed by atoms with E-state index in [9.17, 15) is 15.0 Å². The van der Waals surface area contributed by atoms with Gasteiger partial charge in [0.15, 0.2) is 0 Å². The van der Waals surface area contributed by atoms with Crippen molar-refractivity contribution in [1.29, 1.82) is 0 Å². The van der Waals surface area contributed by atoms with E-state index in [1.54, 1.807) is 0 Å². The van der Waals surface area contributed by atoms with Crippen molar-refractivity contribution in [2.45, 2.75) is 24.7 Å². The molecule has 0 radical (unpaired) electrons.